The molecule has 0 aromatic carbocycles. The SMILES string of the molecule is Cn1cc(CNC(=O)c2cc(N)nc(C(C)(C)C)c2)cn1. The van der Waals surface area contributed by atoms with Crippen LogP contribution in [-0.2, 0) is 19.0 Å². The molecule has 0 saturated heterocycles. The summed E-state index contributed by atoms with van der Waals surface area (Å²) in [6.07, 6.45) is 3.59. The molecule has 0 atom stereocenters. The summed E-state index contributed by atoms with van der Waals surface area (Å²) < 4.78 is 1.70. The zero-order valence-corrected chi connectivity index (χ0v) is 12.8. The number of hydrogen-bond donors (Lipinski definition) is 2. The summed E-state index contributed by atoms with van der Waals surface area (Å²) in [5.74, 6) is 0.187. The van der Waals surface area contributed by atoms with Crippen LogP contribution in [0, 0.1) is 0 Å². The summed E-state index contributed by atoms with van der Waals surface area (Å²) >= 11 is 0. The number of anilines is 1. The second-order valence-corrected chi connectivity index (χ2v) is 6.12. The van der Waals surface area contributed by atoms with Crippen LogP contribution in [0.3, 0.4) is 0 Å². The monoisotopic (exact) mass is 287 g/mol. The van der Waals surface area contributed by atoms with Crippen LogP contribution in [0.4, 0.5) is 5.82 Å². The number of amides is 1. The van der Waals surface area contributed by atoms with Crippen molar-refractivity contribution in [2.75, 3.05) is 5.73 Å². The zero-order valence-electron chi connectivity index (χ0n) is 12.8. The third-order valence-corrected chi connectivity index (χ3v) is 3.09. The Morgan fingerprint density at radius 1 is 1.38 bits per heavy atom. The quantitative estimate of drug-likeness (QED) is 0.898. The van der Waals surface area contributed by atoms with Crippen molar-refractivity contribution in [3.8, 4) is 0 Å². The Kier molecular flexibility index (Phi) is 3.97. The lowest BCUT2D eigenvalue weighted by Gasteiger charge is -2.19. The average Bonchev–Trinajstić information content (AvgIpc) is 2.80. The molecule has 6 heteroatoms. The van der Waals surface area contributed by atoms with E-state index in [2.05, 4.69) is 15.4 Å². The van der Waals surface area contributed by atoms with E-state index >= 15 is 0 Å². The molecule has 1 amide bonds. The van der Waals surface area contributed by atoms with Crippen LogP contribution in [0.5, 0.6) is 0 Å². The van der Waals surface area contributed by atoms with Crippen molar-refractivity contribution in [3.05, 3.63) is 41.3 Å². The van der Waals surface area contributed by atoms with E-state index in [1.165, 1.54) is 0 Å². The molecule has 0 radical (unpaired) electrons. The van der Waals surface area contributed by atoms with Gasteiger partial charge < -0.3 is 11.1 Å². The first-order valence-electron chi connectivity index (χ1n) is 6.79. The smallest absolute Gasteiger partial charge is 0.251 e. The third kappa shape index (κ3) is 3.81. The molecule has 2 heterocycles. The summed E-state index contributed by atoms with van der Waals surface area (Å²) in [4.78, 5) is 16.5. The molecule has 0 aliphatic heterocycles. The minimum Gasteiger partial charge on any atom is -0.384 e. The molecule has 21 heavy (non-hydrogen) atoms. The fourth-order valence-corrected chi connectivity index (χ4v) is 1.91. The lowest BCUT2D eigenvalue weighted by atomic mass is 9.90. The van der Waals surface area contributed by atoms with Crippen molar-refractivity contribution in [1.82, 2.24) is 20.1 Å². The first kappa shape index (κ1) is 15.0. The van der Waals surface area contributed by atoms with Gasteiger partial charge in [-0.25, -0.2) is 4.98 Å². The van der Waals surface area contributed by atoms with Crippen molar-refractivity contribution in [1.29, 1.82) is 0 Å². The van der Waals surface area contributed by atoms with E-state index in [1.807, 2.05) is 34.0 Å². The van der Waals surface area contributed by atoms with Crippen molar-refractivity contribution < 1.29 is 4.79 Å². The predicted octanol–water partition coefficient (Wildman–Crippen LogP) is 1.62. The number of nitrogens with one attached hydrogen (secondary N) is 1. The van der Waals surface area contributed by atoms with Gasteiger partial charge in [-0.3, -0.25) is 9.48 Å². The van der Waals surface area contributed by atoms with Crippen molar-refractivity contribution in [2.24, 2.45) is 7.05 Å². The van der Waals surface area contributed by atoms with Crippen LogP contribution >= 0.6 is 0 Å². The molecular formula is C15H21N5O. The fraction of sp³-hybridized carbons (Fsp3) is 0.400. The lowest BCUT2D eigenvalue weighted by molar-refractivity contribution is 0.0950. The maximum Gasteiger partial charge on any atom is 0.251 e. The van der Waals surface area contributed by atoms with Gasteiger partial charge in [-0.05, 0) is 12.1 Å². The molecular weight excluding hydrogens is 266 g/mol. The van der Waals surface area contributed by atoms with E-state index in [4.69, 9.17) is 5.73 Å². The number of nitrogen functional groups attached to an aromatic ring is 1. The van der Waals surface area contributed by atoms with E-state index in [1.54, 1.807) is 23.0 Å². The zero-order chi connectivity index (χ0) is 15.6. The van der Waals surface area contributed by atoms with E-state index < -0.39 is 0 Å². The van der Waals surface area contributed by atoms with Gasteiger partial charge in [0.2, 0.25) is 0 Å². The molecule has 2 aromatic rings. The van der Waals surface area contributed by atoms with Crippen molar-refractivity contribution >= 4 is 11.7 Å². The highest BCUT2D eigenvalue weighted by atomic mass is 16.1. The predicted molar refractivity (Wildman–Crippen MR) is 81.7 cm³/mol. The van der Waals surface area contributed by atoms with Gasteiger partial charge >= 0.3 is 0 Å². The molecule has 3 N–H and O–H groups in total. The van der Waals surface area contributed by atoms with E-state index in [0.717, 1.165) is 11.3 Å². The Morgan fingerprint density at radius 2 is 2.10 bits per heavy atom. The highest BCUT2D eigenvalue weighted by Gasteiger charge is 2.18. The topological polar surface area (TPSA) is 85.8 Å². The third-order valence-electron chi connectivity index (χ3n) is 3.09. The highest BCUT2D eigenvalue weighted by Crippen LogP contribution is 2.22. The van der Waals surface area contributed by atoms with Crippen LogP contribution in [-0.4, -0.2) is 20.7 Å². The molecule has 0 fully saturated rings. The van der Waals surface area contributed by atoms with Gasteiger partial charge in [0.25, 0.3) is 5.91 Å². The summed E-state index contributed by atoms with van der Waals surface area (Å²) in [6, 6.07) is 3.38. The number of nitrogens with two attached hydrogens (primary N) is 1. The minimum absolute atomic E-state index is 0.159. The summed E-state index contributed by atoms with van der Waals surface area (Å²) in [7, 11) is 1.84. The number of carbonyl (C=O) groups excluding carboxylic acids is 1. The van der Waals surface area contributed by atoms with Crippen LogP contribution in [0.15, 0.2) is 24.5 Å². The van der Waals surface area contributed by atoms with E-state index in [0.29, 0.717) is 17.9 Å². The van der Waals surface area contributed by atoms with Gasteiger partial charge in [-0.1, -0.05) is 20.8 Å². The lowest BCUT2D eigenvalue weighted by Crippen LogP contribution is -2.24. The van der Waals surface area contributed by atoms with Crippen LogP contribution < -0.4 is 11.1 Å². The van der Waals surface area contributed by atoms with Crippen molar-refractivity contribution in [3.63, 3.8) is 0 Å². The number of nitrogens with zero attached hydrogens (tertiary/aromatic N) is 3. The molecule has 0 spiro atoms. The van der Waals surface area contributed by atoms with Crippen LogP contribution in [0.25, 0.3) is 0 Å². The normalized spacial score (nSPS) is 11.4. The summed E-state index contributed by atoms with van der Waals surface area (Å²) in [5.41, 5.74) is 7.91. The van der Waals surface area contributed by atoms with Crippen LogP contribution in [0.2, 0.25) is 0 Å². The molecule has 112 valence electrons. The maximum absolute atomic E-state index is 12.2. The molecule has 0 saturated carbocycles. The number of rotatable bonds is 3. The Labute approximate surface area is 124 Å². The summed E-state index contributed by atoms with van der Waals surface area (Å²) in [5, 5.41) is 6.92. The van der Waals surface area contributed by atoms with Gasteiger partial charge in [-0.15, -0.1) is 0 Å². The van der Waals surface area contributed by atoms with E-state index in [9.17, 15) is 4.79 Å². The standard InChI is InChI=1S/C15H21N5O/c1-15(2,3)12-5-11(6-13(16)19-12)14(21)17-7-10-8-18-20(4)9-10/h5-6,8-9H,7H2,1-4H3,(H2,16,19)(H,17,21). The Bertz CT molecular complexity index is 654. The number of carbonyl (C=O) groups is 1. The number of aryl methyl sites for hydroxylation is 1. The highest BCUT2D eigenvalue weighted by molar-refractivity contribution is 5.94. The van der Waals surface area contributed by atoms with Gasteiger partial charge in [0, 0.05) is 42.0 Å². The Hall–Kier alpha value is -2.37. The first-order chi connectivity index (χ1) is 9.75. The van der Waals surface area contributed by atoms with Crippen molar-refractivity contribution in [2.45, 2.75) is 32.7 Å². The molecule has 0 bridgehead atoms. The molecule has 2 aromatic heterocycles. The van der Waals surface area contributed by atoms with Gasteiger partial charge in [0.05, 0.1) is 6.20 Å². The van der Waals surface area contributed by atoms with E-state index in [-0.39, 0.29) is 11.3 Å². The number of aromatic nitrogens is 3. The molecule has 2 rings (SSSR count). The molecule has 0 aliphatic rings. The summed E-state index contributed by atoms with van der Waals surface area (Å²) in [6.45, 7) is 6.53. The largest absolute Gasteiger partial charge is 0.384 e. The van der Waals surface area contributed by atoms with Crippen LogP contribution in [0.1, 0.15) is 42.4 Å². The maximum atomic E-state index is 12.2. The number of pyridine rings is 1. The molecule has 0 unspecified atom stereocenters. The van der Waals surface area contributed by atoms with Gasteiger partial charge in [0.15, 0.2) is 0 Å². The first-order valence-corrected chi connectivity index (χ1v) is 6.79. The second-order valence-electron chi connectivity index (χ2n) is 6.12. The van der Waals surface area contributed by atoms with Gasteiger partial charge in [-0.2, -0.15) is 5.10 Å². The molecule has 0 aliphatic carbocycles. The van der Waals surface area contributed by atoms with Gasteiger partial charge in [0.1, 0.15) is 5.82 Å². The minimum atomic E-state index is -0.168. The molecule has 6 nitrogen and oxygen atoms in total. The Balaban J connectivity index is 2.13. The second kappa shape index (κ2) is 5.55. The average molecular weight is 287 g/mol. The fourth-order valence-electron chi connectivity index (χ4n) is 1.91. The number of hydrogen-bond acceptors (Lipinski definition) is 4. The Morgan fingerprint density at radius 3 is 2.67 bits per heavy atom.